The molecular formula is C23H23IN6O. The Balaban J connectivity index is 0.00000272. The van der Waals surface area contributed by atoms with Crippen molar-refractivity contribution in [2.24, 2.45) is 10.7 Å². The normalized spacial score (nSPS) is 10.9. The van der Waals surface area contributed by atoms with Crippen molar-refractivity contribution in [3.05, 3.63) is 90.3 Å². The molecule has 4 aromatic rings. The summed E-state index contributed by atoms with van der Waals surface area (Å²) < 4.78 is 5.85. The third-order valence-electron chi connectivity index (χ3n) is 4.30. The van der Waals surface area contributed by atoms with Crippen molar-refractivity contribution < 1.29 is 4.74 Å². The van der Waals surface area contributed by atoms with E-state index in [0.29, 0.717) is 24.1 Å². The number of hydrogen-bond donors (Lipinski definition) is 3. The van der Waals surface area contributed by atoms with Gasteiger partial charge in [-0.15, -0.1) is 24.0 Å². The van der Waals surface area contributed by atoms with Gasteiger partial charge in [-0.2, -0.15) is 5.10 Å². The standard InChI is InChI=1S/C23H22N6O.HI/c1-16-26-22(29-28-16)18-8-5-7-17(13-18)15-25-23(24)27-19-9-6-12-21(14-19)30-20-10-3-2-4-11-20;/h2-14H,15H2,1H3,(H3,24,25,27)(H,26,28,29);1H. The van der Waals surface area contributed by atoms with Crippen molar-refractivity contribution >= 4 is 35.6 Å². The van der Waals surface area contributed by atoms with Crippen LogP contribution in [0.25, 0.3) is 11.4 Å². The average Bonchev–Trinajstić information content (AvgIpc) is 3.20. The molecule has 1 aromatic heterocycles. The number of para-hydroxylation sites is 1. The zero-order chi connectivity index (χ0) is 20.8. The highest BCUT2D eigenvalue weighted by atomic mass is 127. The van der Waals surface area contributed by atoms with Crippen LogP contribution in [0, 0.1) is 6.92 Å². The predicted octanol–water partition coefficient (Wildman–Crippen LogP) is 5.12. The fourth-order valence-electron chi connectivity index (χ4n) is 2.91. The lowest BCUT2D eigenvalue weighted by molar-refractivity contribution is 0.483. The van der Waals surface area contributed by atoms with Gasteiger partial charge >= 0.3 is 0 Å². The van der Waals surface area contributed by atoms with Gasteiger partial charge in [0, 0.05) is 17.3 Å². The number of benzene rings is 3. The van der Waals surface area contributed by atoms with Crippen LogP contribution in [0.3, 0.4) is 0 Å². The summed E-state index contributed by atoms with van der Waals surface area (Å²) in [4.78, 5) is 8.80. The van der Waals surface area contributed by atoms with E-state index in [2.05, 4.69) is 25.5 Å². The first-order chi connectivity index (χ1) is 14.7. The second-order valence-electron chi connectivity index (χ2n) is 6.71. The van der Waals surface area contributed by atoms with Crippen LogP contribution in [-0.4, -0.2) is 21.1 Å². The number of rotatable bonds is 6. The van der Waals surface area contributed by atoms with Gasteiger partial charge in [-0.3, -0.25) is 5.10 Å². The third kappa shape index (κ3) is 6.29. The Morgan fingerprint density at radius 3 is 2.55 bits per heavy atom. The number of hydrogen-bond acceptors (Lipinski definition) is 4. The largest absolute Gasteiger partial charge is 0.457 e. The van der Waals surface area contributed by atoms with Gasteiger partial charge in [0.1, 0.15) is 17.3 Å². The highest BCUT2D eigenvalue weighted by Gasteiger charge is 2.05. The van der Waals surface area contributed by atoms with E-state index in [9.17, 15) is 0 Å². The molecule has 0 unspecified atom stereocenters. The van der Waals surface area contributed by atoms with Gasteiger partial charge in [-0.05, 0) is 42.8 Å². The fourth-order valence-corrected chi connectivity index (χ4v) is 2.91. The van der Waals surface area contributed by atoms with Gasteiger partial charge in [0.15, 0.2) is 11.8 Å². The van der Waals surface area contributed by atoms with Crippen LogP contribution in [0.15, 0.2) is 83.9 Å². The van der Waals surface area contributed by atoms with Crippen LogP contribution >= 0.6 is 24.0 Å². The number of aromatic amines is 1. The summed E-state index contributed by atoms with van der Waals surface area (Å²) in [6, 6.07) is 25.1. The van der Waals surface area contributed by atoms with Crippen molar-refractivity contribution in [3.63, 3.8) is 0 Å². The van der Waals surface area contributed by atoms with Crippen molar-refractivity contribution in [2.75, 3.05) is 5.32 Å². The van der Waals surface area contributed by atoms with Crippen molar-refractivity contribution in [1.29, 1.82) is 0 Å². The molecule has 0 saturated heterocycles. The Hall–Kier alpha value is -3.40. The molecule has 0 saturated carbocycles. The summed E-state index contributed by atoms with van der Waals surface area (Å²) in [6.45, 7) is 2.31. The van der Waals surface area contributed by atoms with E-state index >= 15 is 0 Å². The number of nitrogens with one attached hydrogen (secondary N) is 2. The lowest BCUT2D eigenvalue weighted by Gasteiger charge is -2.09. The molecule has 0 bridgehead atoms. The first-order valence-corrected chi connectivity index (χ1v) is 9.54. The molecule has 0 fully saturated rings. The molecule has 0 aliphatic rings. The van der Waals surface area contributed by atoms with Crippen molar-refractivity contribution in [2.45, 2.75) is 13.5 Å². The molecular weight excluding hydrogens is 503 g/mol. The number of ether oxygens (including phenoxy) is 1. The Morgan fingerprint density at radius 1 is 1.00 bits per heavy atom. The van der Waals surface area contributed by atoms with Gasteiger partial charge in [0.05, 0.1) is 6.54 Å². The highest BCUT2D eigenvalue weighted by molar-refractivity contribution is 14.0. The first kappa shape index (κ1) is 22.3. The first-order valence-electron chi connectivity index (χ1n) is 9.54. The maximum Gasteiger partial charge on any atom is 0.193 e. The zero-order valence-corrected chi connectivity index (χ0v) is 19.3. The van der Waals surface area contributed by atoms with Gasteiger partial charge in [0.25, 0.3) is 0 Å². The van der Waals surface area contributed by atoms with Crippen LogP contribution in [0.4, 0.5) is 5.69 Å². The van der Waals surface area contributed by atoms with E-state index in [4.69, 9.17) is 10.5 Å². The van der Waals surface area contributed by atoms with Crippen molar-refractivity contribution in [1.82, 2.24) is 15.2 Å². The topological polar surface area (TPSA) is 101 Å². The Morgan fingerprint density at radius 2 is 1.77 bits per heavy atom. The molecule has 158 valence electrons. The van der Waals surface area contributed by atoms with Crippen molar-refractivity contribution in [3.8, 4) is 22.9 Å². The summed E-state index contributed by atoms with van der Waals surface area (Å²) >= 11 is 0. The fraction of sp³-hybridized carbons (Fsp3) is 0.0870. The van der Waals surface area contributed by atoms with Crippen LogP contribution in [0.5, 0.6) is 11.5 Å². The lowest BCUT2D eigenvalue weighted by Crippen LogP contribution is -2.22. The van der Waals surface area contributed by atoms with Gasteiger partial charge in [0.2, 0.25) is 0 Å². The Labute approximate surface area is 197 Å². The molecule has 0 spiro atoms. The SMILES string of the molecule is Cc1nc(-c2cccc(CN=C(N)Nc3cccc(Oc4ccccc4)c3)c2)n[nH]1.I. The van der Waals surface area contributed by atoms with Crippen LogP contribution in [-0.2, 0) is 6.54 Å². The molecule has 4 rings (SSSR count). The molecule has 7 nitrogen and oxygen atoms in total. The van der Waals surface area contributed by atoms with E-state index in [0.717, 1.165) is 28.4 Å². The molecule has 0 radical (unpaired) electrons. The number of nitrogens with two attached hydrogens (primary N) is 1. The Bertz CT molecular complexity index is 1160. The number of nitrogens with zero attached hydrogens (tertiary/aromatic N) is 3. The molecule has 4 N–H and O–H groups in total. The lowest BCUT2D eigenvalue weighted by atomic mass is 10.1. The molecule has 0 aliphatic carbocycles. The number of aryl methyl sites for hydroxylation is 1. The molecule has 8 heteroatoms. The number of anilines is 1. The van der Waals surface area contributed by atoms with E-state index in [1.807, 2.05) is 85.8 Å². The second kappa shape index (κ2) is 10.6. The van der Waals surface area contributed by atoms with E-state index in [1.54, 1.807) is 0 Å². The minimum atomic E-state index is 0. The molecule has 31 heavy (non-hydrogen) atoms. The minimum absolute atomic E-state index is 0. The quantitative estimate of drug-likeness (QED) is 0.184. The number of halogens is 1. The average molecular weight is 526 g/mol. The zero-order valence-electron chi connectivity index (χ0n) is 16.9. The molecule has 0 atom stereocenters. The minimum Gasteiger partial charge on any atom is -0.457 e. The van der Waals surface area contributed by atoms with Gasteiger partial charge in [-0.25, -0.2) is 9.98 Å². The van der Waals surface area contributed by atoms with Gasteiger partial charge in [-0.1, -0.05) is 42.5 Å². The van der Waals surface area contributed by atoms with Crippen LogP contribution in [0.1, 0.15) is 11.4 Å². The number of H-pyrrole nitrogens is 1. The Kier molecular flexibility index (Phi) is 7.60. The van der Waals surface area contributed by atoms with Crippen LogP contribution in [0.2, 0.25) is 0 Å². The maximum atomic E-state index is 6.08. The van der Waals surface area contributed by atoms with E-state index < -0.39 is 0 Å². The van der Waals surface area contributed by atoms with Gasteiger partial charge < -0.3 is 15.8 Å². The molecule has 0 amide bonds. The smallest absolute Gasteiger partial charge is 0.193 e. The summed E-state index contributed by atoms with van der Waals surface area (Å²) in [5.74, 6) is 3.26. The monoisotopic (exact) mass is 526 g/mol. The molecule has 3 aromatic carbocycles. The molecule has 1 heterocycles. The number of aromatic nitrogens is 3. The van der Waals surface area contributed by atoms with Crippen LogP contribution < -0.4 is 15.8 Å². The molecule has 0 aliphatic heterocycles. The number of aliphatic imine (C=N–C) groups is 1. The van der Waals surface area contributed by atoms with E-state index in [1.165, 1.54) is 0 Å². The third-order valence-corrected chi connectivity index (χ3v) is 4.30. The predicted molar refractivity (Wildman–Crippen MR) is 134 cm³/mol. The maximum absolute atomic E-state index is 6.08. The number of guanidine groups is 1. The van der Waals surface area contributed by atoms with E-state index in [-0.39, 0.29) is 24.0 Å². The summed E-state index contributed by atoms with van der Waals surface area (Å²) in [5.41, 5.74) is 8.83. The highest BCUT2D eigenvalue weighted by Crippen LogP contribution is 2.23. The summed E-state index contributed by atoms with van der Waals surface area (Å²) in [6.07, 6.45) is 0. The summed E-state index contributed by atoms with van der Waals surface area (Å²) in [5, 5.41) is 10.2. The second-order valence-corrected chi connectivity index (χ2v) is 6.71. The summed E-state index contributed by atoms with van der Waals surface area (Å²) in [7, 11) is 0.